The van der Waals surface area contributed by atoms with Gasteiger partial charge in [0.25, 0.3) is 5.69 Å². The highest BCUT2D eigenvalue weighted by Gasteiger charge is 2.13. The first-order valence-corrected chi connectivity index (χ1v) is 5.80. The summed E-state index contributed by atoms with van der Waals surface area (Å²) in [5, 5.41) is 19.3. The molecule has 0 atom stereocenters. The zero-order valence-corrected chi connectivity index (χ0v) is 9.49. The van der Waals surface area contributed by atoms with Crippen LogP contribution in [0.1, 0.15) is 12.0 Å². The largest absolute Gasteiger partial charge is 0.481 e. The summed E-state index contributed by atoms with van der Waals surface area (Å²) in [5.41, 5.74) is 0.710. The molecule has 16 heavy (non-hydrogen) atoms. The Bertz CT molecular complexity index is 419. The molecule has 5 nitrogen and oxygen atoms in total. The van der Waals surface area contributed by atoms with Crippen LogP contribution in [0.4, 0.5) is 5.69 Å². The third-order valence-electron chi connectivity index (χ3n) is 2.07. The van der Waals surface area contributed by atoms with Gasteiger partial charge in [-0.2, -0.15) is 0 Å². The lowest BCUT2D eigenvalue weighted by molar-refractivity contribution is -0.387. The molecule has 0 heterocycles. The molecule has 0 fully saturated rings. The van der Waals surface area contributed by atoms with Crippen molar-refractivity contribution in [2.75, 3.05) is 6.26 Å². The first-order valence-electron chi connectivity index (χ1n) is 4.57. The molecular weight excluding hydrogens is 230 g/mol. The molecule has 0 bridgehead atoms. The second-order valence-electron chi connectivity index (χ2n) is 3.16. The van der Waals surface area contributed by atoms with Crippen molar-refractivity contribution in [1.29, 1.82) is 0 Å². The number of nitro groups is 1. The highest BCUT2D eigenvalue weighted by Crippen LogP contribution is 2.28. The topological polar surface area (TPSA) is 80.4 Å². The molecule has 0 saturated carbocycles. The molecule has 0 unspecified atom stereocenters. The Hall–Kier alpha value is -1.56. The third-order valence-corrected chi connectivity index (χ3v) is 2.85. The number of thioether (sulfide) groups is 1. The Kier molecular flexibility index (Phi) is 4.30. The lowest BCUT2D eigenvalue weighted by atomic mass is 10.1. The predicted octanol–water partition coefficient (Wildman–Crippen LogP) is 2.33. The molecule has 6 heteroatoms. The second-order valence-corrected chi connectivity index (χ2v) is 4.01. The van der Waals surface area contributed by atoms with Gasteiger partial charge in [0.1, 0.15) is 0 Å². The van der Waals surface area contributed by atoms with Crippen molar-refractivity contribution in [3.63, 3.8) is 0 Å². The number of carboxylic acids is 1. The Labute approximate surface area is 96.6 Å². The van der Waals surface area contributed by atoms with E-state index >= 15 is 0 Å². The van der Waals surface area contributed by atoms with Gasteiger partial charge in [-0.15, -0.1) is 11.8 Å². The minimum absolute atomic E-state index is 0.0181. The number of benzene rings is 1. The monoisotopic (exact) mass is 241 g/mol. The molecule has 0 radical (unpaired) electrons. The summed E-state index contributed by atoms with van der Waals surface area (Å²) in [6.45, 7) is 0. The Balaban J connectivity index is 2.93. The van der Waals surface area contributed by atoms with Gasteiger partial charge in [-0.05, 0) is 24.3 Å². The van der Waals surface area contributed by atoms with Crippen molar-refractivity contribution in [3.8, 4) is 0 Å². The highest BCUT2D eigenvalue weighted by molar-refractivity contribution is 7.98. The van der Waals surface area contributed by atoms with E-state index in [4.69, 9.17) is 5.11 Å². The van der Waals surface area contributed by atoms with E-state index in [0.29, 0.717) is 16.9 Å². The van der Waals surface area contributed by atoms with Crippen molar-refractivity contribution >= 4 is 23.4 Å². The second kappa shape index (κ2) is 5.50. The average Bonchev–Trinajstić information content (AvgIpc) is 2.25. The number of hydrogen-bond donors (Lipinski definition) is 1. The van der Waals surface area contributed by atoms with E-state index in [2.05, 4.69) is 0 Å². The molecule has 1 aromatic carbocycles. The van der Waals surface area contributed by atoms with Crippen LogP contribution in [0, 0.1) is 10.1 Å². The molecule has 0 aliphatic heterocycles. The van der Waals surface area contributed by atoms with E-state index < -0.39 is 10.9 Å². The maximum absolute atomic E-state index is 10.7. The van der Waals surface area contributed by atoms with Crippen LogP contribution in [0.15, 0.2) is 23.1 Å². The van der Waals surface area contributed by atoms with Gasteiger partial charge >= 0.3 is 5.97 Å². The molecule has 1 aromatic rings. The lowest BCUT2D eigenvalue weighted by Gasteiger charge is -2.02. The predicted molar refractivity (Wildman–Crippen MR) is 60.8 cm³/mol. The quantitative estimate of drug-likeness (QED) is 0.486. The summed E-state index contributed by atoms with van der Waals surface area (Å²) in [4.78, 5) is 21.3. The minimum atomic E-state index is -0.906. The van der Waals surface area contributed by atoms with E-state index in [0.717, 1.165) is 0 Å². The summed E-state index contributed by atoms with van der Waals surface area (Å²) in [5.74, 6) is -0.906. The van der Waals surface area contributed by atoms with Crippen molar-refractivity contribution in [2.45, 2.75) is 17.7 Å². The van der Waals surface area contributed by atoms with Crippen molar-refractivity contribution in [2.24, 2.45) is 0 Å². The molecule has 0 spiro atoms. The SMILES string of the molecule is CSc1ccc(CCC(=O)O)cc1[N+](=O)[O-]. The molecule has 0 aliphatic carbocycles. The summed E-state index contributed by atoms with van der Waals surface area (Å²) in [6.07, 6.45) is 2.06. The summed E-state index contributed by atoms with van der Waals surface area (Å²) in [7, 11) is 0. The van der Waals surface area contributed by atoms with Crippen LogP contribution in [0.2, 0.25) is 0 Å². The Morgan fingerprint density at radius 2 is 2.25 bits per heavy atom. The van der Waals surface area contributed by atoms with E-state index in [1.807, 2.05) is 0 Å². The average molecular weight is 241 g/mol. The molecule has 0 amide bonds. The Morgan fingerprint density at radius 3 is 2.75 bits per heavy atom. The van der Waals surface area contributed by atoms with Gasteiger partial charge in [-0.1, -0.05) is 6.07 Å². The molecule has 0 aromatic heterocycles. The highest BCUT2D eigenvalue weighted by atomic mass is 32.2. The molecule has 1 N–H and O–H groups in total. The van der Waals surface area contributed by atoms with E-state index in [-0.39, 0.29) is 12.1 Å². The number of hydrogen-bond acceptors (Lipinski definition) is 4. The molecular formula is C10H11NO4S. The van der Waals surface area contributed by atoms with Gasteiger partial charge in [-0.25, -0.2) is 0 Å². The van der Waals surface area contributed by atoms with Crippen molar-refractivity contribution in [3.05, 3.63) is 33.9 Å². The van der Waals surface area contributed by atoms with Crippen molar-refractivity contribution < 1.29 is 14.8 Å². The number of carbonyl (C=O) groups is 1. The number of nitro benzene ring substituents is 1. The standard InChI is InChI=1S/C10H11NO4S/c1-16-9-4-2-7(3-5-10(12)13)6-8(9)11(14)15/h2,4,6H,3,5H2,1H3,(H,12,13). The Morgan fingerprint density at radius 1 is 1.56 bits per heavy atom. The number of aryl methyl sites for hydroxylation is 1. The minimum Gasteiger partial charge on any atom is -0.481 e. The van der Waals surface area contributed by atoms with Gasteiger partial charge in [-0.3, -0.25) is 14.9 Å². The number of carboxylic acid groups (broad SMARTS) is 1. The van der Waals surface area contributed by atoms with Gasteiger partial charge in [0.15, 0.2) is 0 Å². The van der Waals surface area contributed by atoms with Gasteiger partial charge in [0, 0.05) is 12.5 Å². The zero-order chi connectivity index (χ0) is 12.1. The fourth-order valence-electron chi connectivity index (χ4n) is 1.29. The van der Waals surface area contributed by atoms with Crippen LogP contribution in [0.25, 0.3) is 0 Å². The molecule has 1 rings (SSSR count). The molecule has 0 aliphatic rings. The summed E-state index contributed by atoms with van der Waals surface area (Å²) >= 11 is 1.30. The fourth-order valence-corrected chi connectivity index (χ4v) is 1.83. The summed E-state index contributed by atoms with van der Waals surface area (Å²) < 4.78 is 0. The molecule has 86 valence electrons. The van der Waals surface area contributed by atoms with Crippen LogP contribution in [0.3, 0.4) is 0 Å². The van der Waals surface area contributed by atoms with E-state index in [1.54, 1.807) is 18.4 Å². The van der Waals surface area contributed by atoms with Crippen molar-refractivity contribution in [1.82, 2.24) is 0 Å². The van der Waals surface area contributed by atoms with Crippen LogP contribution in [-0.4, -0.2) is 22.3 Å². The van der Waals surface area contributed by atoms with Crippen LogP contribution < -0.4 is 0 Å². The van der Waals surface area contributed by atoms with E-state index in [1.165, 1.54) is 17.8 Å². The normalized spacial score (nSPS) is 10.1. The van der Waals surface area contributed by atoms with Gasteiger partial charge in [0.2, 0.25) is 0 Å². The number of rotatable bonds is 5. The van der Waals surface area contributed by atoms with Gasteiger partial charge in [0.05, 0.1) is 9.82 Å². The maximum Gasteiger partial charge on any atom is 0.303 e. The fraction of sp³-hybridized carbons (Fsp3) is 0.300. The third kappa shape index (κ3) is 3.23. The lowest BCUT2D eigenvalue weighted by Crippen LogP contribution is -1.98. The number of aliphatic carboxylic acids is 1. The van der Waals surface area contributed by atoms with Gasteiger partial charge < -0.3 is 5.11 Å². The molecule has 0 saturated heterocycles. The van der Waals surface area contributed by atoms with Crippen LogP contribution in [-0.2, 0) is 11.2 Å². The van der Waals surface area contributed by atoms with E-state index in [9.17, 15) is 14.9 Å². The smallest absolute Gasteiger partial charge is 0.303 e. The van der Waals surface area contributed by atoms with Crippen LogP contribution >= 0.6 is 11.8 Å². The first-order chi connectivity index (χ1) is 7.54. The summed E-state index contributed by atoms with van der Waals surface area (Å²) in [6, 6.07) is 4.82. The first kappa shape index (κ1) is 12.5. The number of nitrogens with zero attached hydrogens (tertiary/aromatic N) is 1. The van der Waals surface area contributed by atoms with Crippen LogP contribution in [0.5, 0.6) is 0 Å². The zero-order valence-electron chi connectivity index (χ0n) is 8.67. The maximum atomic E-state index is 10.7.